The van der Waals surface area contributed by atoms with E-state index in [1.54, 1.807) is 6.20 Å². The van der Waals surface area contributed by atoms with Gasteiger partial charge in [0.15, 0.2) is 10.7 Å². The van der Waals surface area contributed by atoms with Crippen molar-refractivity contribution in [1.29, 1.82) is 0 Å². The third kappa shape index (κ3) is 1.26. The maximum atomic E-state index is 11.8. The van der Waals surface area contributed by atoms with Crippen molar-refractivity contribution in [2.45, 2.75) is 20.8 Å². The monoisotopic (exact) mass is 208 g/mol. The Morgan fingerprint density at radius 2 is 2.29 bits per heavy atom. The largest absolute Gasteiger partial charge is 0.294 e. The lowest BCUT2D eigenvalue weighted by Gasteiger charge is -2.01. The van der Waals surface area contributed by atoms with Gasteiger partial charge in [-0.15, -0.1) is 0 Å². The number of thiazole rings is 1. The van der Waals surface area contributed by atoms with Gasteiger partial charge in [-0.25, -0.2) is 4.98 Å². The van der Waals surface area contributed by atoms with Gasteiger partial charge in [-0.2, -0.15) is 0 Å². The molecule has 0 radical (unpaired) electrons. The van der Waals surface area contributed by atoms with E-state index in [1.165, 1.54) is 11.3 Å². The van der Waals surface area contributed by atoms with Crippen LogP contribution in [0.5, 0.6) is 0 Å². The first-order valence-corrected chi connectivity index (χ1v) is 5.39. The Bertz CT molecular complexity index is 481. The van der Waals surface area contributed by atoms with Gasteiger partial charge in [0.25, 0.3) is 0 Å². The second-order valence-corrected chi connectivity index (χ2v) is 4.59. The maximum Gasteiger partial charge on any atom is 0.194 e. The smallest absolute Gasteiger partial charge is 0.194 e. The van der Waals surface area contributed by atoms with Crippen LogP contribution in [0.2, 0.25) is 0 Å². The normalized spacial score (nSPS) is 11.4. The summed E-state index contributed by atoms with van der Waals surface area (Å²) in [4.78, 5) is 17.7. The molecule has 0 atom stereocenters. The van der Waals surface area contributed by atoms with Crippen molar-refractivity contribution in [3.8, 4) is 0 Å². The molecule has 0 fully saturated rings. The fourth-order valence-electron chi connectivity index (χ4n) is 1.39. The molecule has 0 aliphatic carbocycles. The lowest BCUT2D eigenvalue weighted by atomic mass is 10.1. The zero-order valence-electron chi connectivity index (χ0n) is 8.44. The molecule has 0 saturated heterocycles. The van der Waals surface area contributed by atoms with Crippen LogP contribution in [0.1, 0.15) is 29.2 Å². The number of hydrogen-bond donors (Lipinski definition) is 0. The molecule has 0 saturated carbocycles. The molecular formula is C10H12N2OS. The van der Waals surface area contributed by atoms with E-state index < -0.39 is 0 Å². The Labute approximate surface area is 86.4 Å². The second-order valence-electron chi connectivity index (χ2n) is 3.62. The first kappa shape index (κ1) is 9.40. The molecule has 0 spiro atoms. The molecule has 74 valence electrons. The number of aryl methyl sites for hydroxylation is 1. The number of Topliss-reactive ketones (excluding diaryl/α,β-unsaturated/α-hetero) is 1. The molecule has 2 aromatic rings. The number of imidazole rings is 1. The molecule has 14 heavy (non-hydrogen) atoms. The van der Waals surface area contributed by atoms with Gasteiger partial charge in [0.1, 0.15) is 0 Å². The van der Waals surface area contributed by atoms with Crippen LogP contribution in [0.4, 0.5) is 0 Å². The fraction of sp³-hybridized carbons (Fsp3) is 0.400. The molecule has 4 heteroatoms. The highest BCUT2D eigenvalue weighted by atomic mass is 32.1. The minimum Gasteiger partial charge on any atom is -0.294 e. The van der Waals surface area contributed by atoms with E-state index in [9.17, 15) is 4.79 Å². The van der Waals surface area contributed by atoms with Gasteiger partial charge < -0.3 is 0 Å². The van der Waals surface area contributed by atoms with Crippen LogP contribution < -0.4 is 0 Å². The highest BCUT2D eigenvalue weighted by molar-refractivity contribution is 7.19. The number of rotatable bonds is 2. The quantitative estimate of drug-likeness (QED) is 0.711. The van der Waals surface area contributed by atoms with Crippen LogP contribution in [-0.2, 0) is 0 Å². The number of fused-ring (bicyclic) bond motifs is 1. The van der Waals surface area contributed by atoms with Gasteiger partial charge in [-0.05, 0) is 6.92 Å². The molecule has 2 aromatic heterocycles. The van der Waals surface area contributed by atoms with Gasteiger partial charge in [-0.1, -0.05) is 25.2 Å². The maximum absolute atomic E-state index is 11.8. The Morgan fingerprint density at radius 3 is 2.86 bits per heavy atom. The van der Waals surface area contributed by atoms with E-state index >= 15 is 0 Å². The fourth-order valence-corrected chi connectivity index (χ4v) is 2.56. The molecule has 2 rings (SSSR count). The Balaban J connectivity index is 2.58. The van der Waals surface area contributed by atoms with Crippen molar-refractivity contribution in [3.05, 3.63) is 23.0 Å². The molecular weight excluding hydrogens is 196 g/mol. The summed E-state index contributed by atoms with van der Waals surface area (Å²) < 4.78 is 1.96. The van der Waals surface area contributed by atoms with Crippen LogP contribution in [-0.4, -0.2) is 15.2 Å². The van der Waals surface area contributed by atoms with Crippen molar-refractivity contribution in [2.24, 2.45) is 5.92 Å². The average molecular weight is 208 g/mol. The topological polar surface area (TPSA) is 34.4 Å². The average Bonchev–Trinajstić information content (AvgIpc) is 2.68. The molecule has 0 unspecified atom stereocenters. The Hall–Kier alpha value is -1.16. The third-order valence-electron chi connectivity index (χ3n) is 2.24. The number of hydrogen-bond acceptors (Lipinski definition) is 3. The third-order valence-corrected chi connectivity index (χ3v) is 3.42. The predicted molar refractivity (Wildman–Crippen MR) is 57.0 cm³/mol. The highest BCUT2D eigenvalue weighted by Gasteiger charge is 2.18. The summed E-state index contributed by atoms with van der Waals surface area (Å²) in [6.45, 7) is 5.80. The van der Waals surface area contributed by atoms with E-state index in [1.807, 2.05) is 31.4 Å². The van der Waals surface area contributed by atoms with Crippen LogP contribution >= 0.6 is 11.3 Å². The van der Waals surface area contributed by atoms with Crippen molar-refractivity contribution in [2.75, 3.05) is 0 Å². The number of ketones is 1. The standard InChI is InChI=1S/C10H12N2OS/c1-6(2)8(13)9-7(3)12-5-4-11-10(12)14-9/h4-6H,1-3H3. The molecule has 0 bridgehead atoms. The number of carbonyl (C=O) groups is 1. The van der Waals surface area contributed by atoms with Gasteiger partial charge in [0.2, 0.25) is 0 Å². The van der Waals surface area contributed by atoms with Gasteiger partial charge in [-0.3, -0.25) is 9.20 Å². The summed E-state index contributed by atoms with van der Waals surface area (Å²) in [6.07, 6.45) is 3.64. The number of carbonyl (C=O) groups excluding carboxylic acids is 1. The molecule has 0 amide bonds. The van der Waals surface area contributed by atoms with Crippen LogP contribution in [0.3, 0.4) is 0 Å². The minimum atomic E-state index is 0.0528. The molecule has 0 aliphatic rings. The van der Waals surface area contributed by atoms with Crippen LogP contribution in [0.25, 0.3) is 4.96 Å². The van der Waals surface area contributed by atoms with Gasteiger partial charge in [0, 0.05) is 24.0 Å². The molecule has 2 heterocycles. The van der Waals surface area contributed by atoms with Gasteiger partial charge >= 0.3 is 0 Å². The van der Waals surface area contributed by atoms with Crippen molar-refractivity contribution < 1.29 is 4.79 Å². The first-order chi connectivity index (χ1) is 6.61. The van der Waals surface area contributed by atoms with E-state index in [4.69, 9.17) is 0 Å². The summed E-state index contributed by atoms with van der Waals surface area (Å²) in [5.74, 6) is 0.259. The zero-order chi connectivity index (χ0) is 10.3. The number of nitrogens with zero attached hydrogens (tertiary/aromatic N) is 2. The Kier molecular flexibility index (Phi) is 2.15. The SMILES string of the molecule is Cc1c(C(=O)C(C)C)sc2nccn12. The summed E-state index contributed by atoms with van der Waals surface area (Å²) in [5, 5.41) is 0. The summed E-state index contributed by atoms with van der Waals surface area (Å²) in [7, 11) is 0. The molecule has 0 aliphatic heterocycles. The highest BCUT2D eigenvalue weighted by Crippen LogP contribution is 2.24. The predicted octanol–water partition coefficient (Wildman–Crippen LogP) is 2.54. The first-order valence-electron chi connectivity index (χ1n) is 4.58. The van der Waals surface area contributed by atoms with E-state index in [2.05, 4.69) is 4.98 Å². The van der Waals surface area contributed by atoms with E-state index in [-0.39, 0.29) is 11.7 Å². The molecule has 0 N–H and O–H groups in total. The zero-order valence-corrected chi connectivity index (χ0v) is 9.26. The van der Waals surface area contributed by atoms with E-state index in [0.29, 0.717) is 0 Å². The second kappa shape index (κ2) is 3.20. The summed E-state index contributed by atoms with van der Waals surface area (Å²) in [5.41, 5.74) is 1.00. The van der Waals surface area contributed by atoms with E-state index in [0.717, 1.165) is 15.5 Å². The molecule has 3 nitrogen and oxygen atoms in total. The van der Waals surface area contributed by atoms with Crippen molar-refractivity contribution in [3.63, 3.8) is 0 Å². The lowest BCUT2D eigenvalue weighted by Crippen LogP contribution is -2.07. The number of aromatic nitrogens is 2. The lowest BCUT2D eigenvalue weighted by molar-refractivity contribution is 0.0942. The minimum absolute atomic E-state index is 0.0528. The summed E-state index contributed by atoms with van der Waals surface area (Å²) >= 11 is 1.47. The Morgan fingerprint density at radius 1 is 1.57 bits per heavy atom. The van der Waals surface area contributed by atoms with Crippen molar-refractivity contribution >= 4 is 22.1 Å². The summed E-state index contributed by atoms with van der Waals surface area (Å²) in [6, 6.07) is 0. The molecule has 0 aromatic carbocycles. The van der Waals surface area contributed by atoms with Crippen LogP contribution in [0, 0.1) is 12.8 Å². The van der Waals surface area contributed by atoms with Crippen molar-refractivity contribution in [1.82, 2.24) is 9.38 Å². The van der Waals surface area contributed by atoms with Gasteiger partial charge in [0.05, 0.1) is 4.88 Å². The van der Waals surface area contributed by atoms with Crippen LogP contribution in [0.15, 0.2) is 12.4 Å².